The molecule has 0 aliphatic carbocycles. The topological polar surface area (TPSA) is 89.5 Å². The van der Waals surface area contributed by atoms with Crippen LogP contribution < -0.4 is 0 Å². The first kappa shape index (κ1) is 15.9. The Morgan fingerprint density at radius 1 is 1.32 bits per heavy atom. The van der Waals surface area contributed by atoms with Gasteiger partial charge in [-0.25, -0.2) is 9.78 Å². The minimum Gasteiger partial charge on any atom is -0.465 e. The Morgan fingerprint density at radius 2 is 2.04 bits per heavy atom. The molecule has 0 radical (unpaired) electrons. The lowest BCUT2D eigenvalue weighted by Crippen LogP contribution is -2.62. The van der Waals surface area contributed by atoms with E-state index in [1.807, 2.05) is 45.0 Å². The van der Waals surface area contributed by atoms with Crippen molar-refractivity contribution in [3.8, 4) is 0 Å². The Labute approximate surface area is 145 Å². The first-order chi connectivity index (χ1) is 11.7. The summed E-state index contributed by atoms with van der Waals surface area (Å²) in [4.78, 5) is 35.5. The number of imidazole rings is 1. The number of benzene rings is 1. The Kier molecular flexibility index (Phi) is 3.17. The lowest BCUT2D eigenvalue weighted by molar-refractivity contribution is 0.00389. The molecular weight excluding hydrogens is 320 g/mol. The van der Waals surface area contributed by atoms with Crippen molar-refractivity contribution in [2.45, 2.75) is 38.8 Å². The third-order valence-corrected chi connectivity index (χ3v) is 5.84. The summed E-state index contributed by atoms with van der Waals surface area (Å²) in [6.07, 6.45) is -0.234. The van der Waals surface area contributed by atoms with Crippen LogP contribution in [-0.2, 0) is 0 Å². The van der Waals surface area contributed by atoms with Crippen LogP contribution in [0.2, 0.25) is 0 Å². The number of carbonyl (C=O) groups is 2. The number of H-pyrrole nitrogens is 1. The van der Waals surface area contributed by atoms with E-state index in [1.54, 1.807) is 4.90 Å². The van der Waals surface area contributed by atoms with Gasteiger partial charge in [0.15, 0.2) is 5.82 Å². The smallest absolute Gasteiger partial charge is 0.407 e. The number of rotatable bonds is 1. The van der Waals surface area contributed by atoms with Crippen molar-refractivity contribution >= 4 is 23.0 Å². The molecule has 0 spiro atoms. The second-order valence-electron chi connectivity index (χ2n) is 8.07. The number of piperazine rings is 1. The number of carboxylic acid groups (broad SMARTS) is 1. The first-order valence-corrected chi connectivity index (χ1v) is 8.49. The molecule has 2 amide bonds. The fourth-order valence-corrected chi connectivity index (χ4v) is 4.36. The summed E-state index contributed by atoms with van der Waals surface area (Å²) in [5.41, 5.74) is 0.773. The van der Waals surface area contributed by atoms with Crippen LogP contribution in [0.3, 0.4) is 0 Å². The highest BCUT2D eigenvalue weighted by Gasteiger charge is 2.62. The number of nitrogens with one attached hydrogen (secondary N) is 1. The van der Waals surface area contributed by atoms with E-state index in [2.05, 4.69) is 9.97 Å². The molecule has 2 N–H and O–H groups in total. The van der Waals surface area contributed by atoms with Gasteiger partial charge < -0.3 is 15.0 Å². The van der Waals surface area contributed by atoms with Crippen LogP contribution in [0.4, 0.5) is 4.79 Å². The largest absolute Gasteiger partial charge is 0.465 e. The van der Waals surface area contributed by atoms with E-state index in [4.69, 9.17) is 0 Å². The number of nitrogens with zero attached hydrogens (tertiary/aromatic N) is 3. The summed E-state index contributed by atoms with van der Waals surface area (Å²) in [7, 11) is 0. The average Bonchev–Trinajstić information content (AvgIpc) is 3.24. The molecular formula is C18H22N4O3. The second kappa shape index (κ2) is 4.97. The van der Waals surface area contributed by atoms with Gasteiger partial charge in [-0.1, -0.05) is 32.9 Å². The summed E-state index contributed by atoms with van der Waals surface area (Å²) in [5, 5.41) is 9.61. The lowest BCUT2D eigenvalue weighted by atomic mass is 9.73. The van der Waals surface area contributed by atoms with E-state index in [1.165, 1.54) is 4.90 Å². The molecule has 132 valence electrons. The average molecular weight is 342 g/mol. The maximum Gasteiger partial charge on any atom is 0.407 e. The molecule has 7 nitrogen and oxygen atoms in total. The molecule has 2 aliphatic heterocycles. The van der Waals surface area contributed by atoms with Crippen LogP contribution in [0.5, 0.6) is 0 Å². The highest BCUT2D eigenvalue weighted by molar-refractivity contribution is 5.95. The van der Waals surface area contributed by atoms with Gasteiger partial charge in [0, 0.05) is 13.1 Å². The highest BCUT2D eigenvalue weighted by Crippen LogP contribution is 2.50. The Hall–Kier alpha value is -2.57. The summed E-state index contributed by atoms with van der Waals surface area (Å²) in [6, 6.07) is 7.43. The molecule has 2 aromatic rings. The standard InChI is InChI=1S/C18H22N4O3/c1-17(2,3)18-8-11(9-22(18)16(24)25)21(10-18)15(23)14-19-12-6-4-5-7-13(12)20-14/h4-7,11H,8-10H2,1-3H3,(H,19,20)(H,24,25)/t11-,18+/m0/s1. The van der Waals surface area contributed by atoms with Gasteiger partial charge in [0.1, 0.15) is 0 Å². The van der Waals surface area contributed by atoms with Crippen molar-refractivity contribution in [1.29, 1.82) is 0 Å². The van der Waals surface area contributed by atoms with Crippen molar-refractivity contribution in [2.24, 2.45) is 5.41 Å². The third kappa shape index (κ3) is 2.14. The molecule has 1 aromatic heterocycles. The van der Waals surface area contributed by atoms with Crippen LogP contribution in [0.1, 0.15) is 37.8 Å². The van der Waals surface area contributed by atoms with Gasteiger partial charge in [0.05, 0.1) is 22.6 Å². The summed E-state index contributed by atoms with van der Waals surface area (Å²) < 4.78 is 0. The summed E-state index contributed by atoms with van der Waals surface area (Å²) in [6.45, 7) is 6.89. The Balaban J connectivity index is 1.67. The molecule has 2 aliphatic rings. The molecule has 2 saturated heterocycles. The number of likely N-dealkylation sites (tertiary alicyclic amines) is 2. The van der Waals surface area contributed by atoms with Crippen molar-refractivity contribution in [3.63, 3.8) is 0 Å². The molecule has 2 bridgehead atoms. The molecule has 4 rings (SSSR count). The lowest BCUT2D eigenvalue weighted by Gasteiger charge is -2.48. The van der Waals surface area contributed by atoms with E-state index in [9.17, 15) is 14.7 Å². The van der Waals surface area contributed by atoms with Crippen molar-refractivity contribution in [1.82, 2.24) is 19.8 Å². The van der Waals surface area contributed by atoms with Crippen LogP contribution in [0.15, 0.2) is 24.3 Å². The molecule has 3 heterocycles. The normalized spacial score (nSPS) is 25.8. The summed E-state index contributed by atoms with van der Waals surface area (Å²) >= 11 is 0. The molecule has 2 atom stereocenters. The van der Waals surface area contributed by atoms with Gasteiger partial charge in [-0.2, -0.15) is 0 Å². The SMILES string of the molecule is CC(C)(C)[C@]12C[C@@H](CN1C(=O)O)N(C(=O)c1nc3ccccc3[nH]1)C2. The fourth-order valence-electron chi connectivity index (χ4n) is 4.36. The van der Waals surface area contributed by atoms with Gasteiger partial charge >= 0.3 is 6.09 Å². The minimum absolute atomic E-state index is 0.101. The highest BCUT2D eigenvalue weighted by atomic mass is 16.4. The summed E-state index contributed by atoms with van der Waals surface area (Å²) in [5.74, 6) is 0.164. The number of fused-ring (bicyclic) bond motifs is 3. The van der Waals surface area contributed by atoms with Gasteiger partial charge in [0.2, 0.25) is 0 Å². The van der Waals surface area contributed by atoms with E-state index in [-0.39, 0.29) is 17.4 Å². The van der Waals surface area contributed by atoms with Crippen LogP contribution in [0.25, 0.3) is 11.0 Å². The molecule has 2 fully saturated rings. The van der Waals surface area contributed by atoms with E-state index in [0.717, 1.165) is 11.0 Å². The predicted octanol–water partition coefficient (Wildman–Crippen LogP) is 2.56. The third-order valence-electron chi connectivity index (χ3n) is 5.84. The van der Waals surface area contributed by atoms with Crippen LogP contribution >= 0.6 is 0 Å². The first-order valence-electron chi connectivity index (χ1n) is 8.49. The van der Waals surface area contributed by atoms with E-state index in [0.29, 0.717) is 25.3 Å². The maximum atomic E-state index is 13.0. The van der Waals surface area contributed by atoms with Crippen molar-refractivity contribution in [2.75, 3.05) is 13.1 Å². The van der Waals surface area contributed by atoms with Crippen molar-refractivity contribution < 1.29 is 14.7 Å². The number of carbonyl (C=O) groups excluding carboxylic acids is 1. The molecule has 25 heavy (non-hydrogen) atoms. The van der Waals surface area contributed by atoms with Gasteiger partial charge in [0.25, 0.3) is 5.91 Å². The monoisotopic (exact) mass is 342 g/mol. The maximum absolute atomic E-state index is 13.0. The van der Waals surface area contributed by atoms with Crippen molar-refractivity contribution in [3.05, 3.63) is 30.1 Å². The Morgan fingerprint density at radius 3 is 2.68 bits per heavy atom. The zero-order valence-electron chi connectivity index (χ0n) is 14.6. The number of aromatic amines is 1. The number of para-hydroxylation sites is 2. The van der Waals surface area contributed by atoms with Crippen LogP contribution in [0, 0.1) is 5.41 Å². The fraction of sp³-hybridized carbons (Fsp3) is 0.500. The number of aromatic nitrogens is 2. The van der Waals surface area contributed by atoms with E-state index >= 15 is 0 Å². The van der Waals surface area contributed by atoms with Crippen LogP contribution in [-0.4, -0.2) is 61.5 Å². The molecule has 0 unspecified atom stereocenters. The molecule has 7 heteroatoms. The number of hydrogen-bond donors (Lipinski definition) is 2. The number of amides is 2. The molecule has 0 saturated carbocycles. The Bertz CT molecular complexity index is 836. The second-order valence-corrected chi connectivity index (χ2v) is 8.07. The van der Waals surface area contributed by atoms with E-state index < -0.39 is 11.6 Å². The predicted molar refractivity (Wildman–Crippen MR) is 92.5 cm³/mol. The van der Waals surface area contributed by atoms with Gasteiger partial charge in [-0.3, -0.25) is 9.69 Å². The zero-order chi connectivity index (χ0) is 18.0. The zero-order valence-corrected chi connectivity index (χ0v) is 14.6. The van der Waals surface area contributed by atoms with Gasteiger partial charge in [-0.05, 0) is 24.0 Å². The molecule has 1 aromatic carbocycles. The number of hydrogen-bond acceptors (Lipinski definition) is 3. The minimum atomic E-state index is -0.909. The van der Waals surface area contributed by atoms with Gasteiger partial charge in [-0.15, -0.1) is 0 Å². The quantitative estimate of drug-likeness (QED) is 0.833.